The Balaban J connectivity index is 3.68. The highest BCUT2D eigenvalue weighted by atomic mass is 14.9. The largest absolute Gasteiger partial charge is 0.312 e. The average Bonchev–Trinajstić information content (AvgIpc) is 2.02. The number of rotatable bonds is 6. The van der Waals surface area contributed by atoms with E-state index in [1.807, 2.05) is 0 Å². The molecule has 1 N–H and O–H groups in total. The van der Waals surface area contributed by atoms with Crippen LogP contribution in [0.2, 0.25) is 0 Å². The van der Waals surface area contributed by atoms with Crippen molar-refractivity contribution in [3.8, 4) is 0 Å². The maximum atomic E-state index is 3.54. The Bertz CT molecular complexity index is 90.9. The first-order valence-corrected chi connectivity index (χ1v) is 4.93. The topological polar surface area (TPSA) is 12.0 Å². The molecule has 0 aromatic carbocycles. The summed E-state index contributed by atoms with van der Waals surface area (Å²) < 4.78 is 0. The van der Waals surface area contributed by atoms with Gasteiger partial charge in [-0.3, -0.25) is 0 Å². The molecule has 0 aliphatic heterocycles. The molecule has 0 amide bonds. The second-order valence-corrected chi connectivity index (χ2v) is 3.55. The fourth-order valence-corrected chi connectivity index (χ4v) is 1.38. The Morgan fingerprint density at radius 2 is 1.82 bits per heavy atom. The van der Waals surface area contributed by atoms with E-state index in [1.165, 1.54) is 25.7 Å². The van der Waals surface area contributed by atoms with Crippen molar-refractivity contribution in [1.29, 1.82) is 0 Å². The summed E-state index contributed by atoms with van der Waals surface area (Å²) in [5.41, 5.74) is 0.394. The zero-order chi connectivity index (χ0) is 8.74. The van der Waals surface area contributed by atoms with Gasteiger partial charge in [-0.2, -0.15) is 0 Å². The van der Waals surface area contributed by atoms with Crippen molar-refractivity contribution in [2.45, 2.75) is 58.9 Å². The maximum absolute atomic E-state index is 3.54. The van der Waals surface area contributed by atoms with Gasteiger partial charge in [0.1, 0.15) is 0 Å². The lowest BCUT2D eigenvalue weighted by atomic mass is 9.92. The summed E-state index contributed by atoms with van der Waals surface area (Å²) in [6, 6.07) is 0. The van der Waals surface area contributed by atoms with E-state index in [1.54, 1.807) is 0 Å². The summed E-state index contributed by atoms with van der Waals surface area (Å²) >= 11 is 0. The Hall–Kier alpha value is -0.0400. The van der Waals surface area contributed by atoms with Gasteiger partial charge >= 0.3 is 0 Å². The highest BCUT2D eigenvalue weighted by Crippen LogP contribution is 2.16. The zero-order valence-corrected chi connectivity index (χ0v) is 8.54. The molecule has 0 fully saturated rings. The van der Waals surface area contributed by atoms with Crippen LogP contribution in [0.5, 0.6) is 0 Å². The molecule has 0 rings (SSSR count). The van der Waals surface area contributed by atoms with Crippen LogP contribution in [0.15, 0.2) is 0 Å². The van der Waals surface area contributed by atoms with Gasteiger partial charge in [-0.25, -0.2) is 0 Å². The Morgan fingerprint density at radius 3 is 2.18 bits per heavy atom. The molecule has 0 heterocycles. The molecule has 1 unspecified atom stereocenters. The van der Waals surface area contributed by atoms with Crippen molar-refractivity contribution in [2.75, 3.05) is 6.54 Å². The van der Waals surface area contributed by atoms with E-state index in [0.717, 1.165) is 6.54 Å². The minimum atomic E-state index is 0.394. The maximum Gasteiger partial charge on any atom is 0.0150 e. The minimum absolute atomic E-state index is 0.394. The molecule has 1 nitrogen and oxygen atoms in total. The summed E-state index contributed by atoms with van der Waals surface area (Å²) in [5.74, 6) is 0. The molecule has 1 heteroatoms. The van der Waals surface area contributed by atoms with Gasteiger partial charge in [0.2, 0.25) is 0 Å². The van der Waals surface area contributed by atoms with Crippen LogP contribution in [0.3, 0.4) is 0 Å². The predicted molar refractivity (Wildman–Crippen MR) is 51.9 cm³/mol. The number of hydrogen-bond acceptors (Lipinski definition) is 1. The molecule has 0 aliphatic rings. The summed E-state index contributed by atoms with van der Waals surface area (Å²) in [6.07, 6.45) is 5.20. The standard InChI is InChI=1S/C10H23N/c1-5-8-9-10(4,6-2)11-7-3/h11H,5-9H2,1-4H3. The highest BCUT2D eigenvalue weighted by molar-refractivity contribution is 4.80. The molecular weight excluding hydrogens is 134 g/mol. The molecule has 68 valence electrons. The van der Waals surface area contributed by atoms with Crippen LogP contribution in [-0.4, -0.2) is 12.1 Å². The first kappa shape index (κ1) is 11.0. The van der Waals surface area contributed by atoms with Crippen molar-refractivity contribution in [2.24, 2.45) is 0 Å². The molecule has 0 aliphatic carbocycles. The zero-order valence-electron chi connectivity index (χ0n) is 8.54. The van der Waals surface area contributed by atoms with E-state index < -0.39 is 0 Å². The number of unbranched alkanes of at least 4 members (excludes halogenated alkanes) is 1. The van der Waals surface area contributed by atoms with Gasteiger partial charge in [0.15, 0.2) is 0 Å². The van der Waals surface area contributed by atoms with E-state index in [-0.39, 0.29) is 0 Å². The Morgan fingerprint density at radius 1 is 1.18 bits per heavy atom. The molecule has 0 saturated carbocycles. The summed E-state index contributed by atoms with van der Waals surface area (Å²) in [7, 11) is 0. The highest BCUT2D eigenvalue weighted by Gasteiger charge is 2.18. The first-order valence-electron chi connectivity index (χ1n) is 4.93. The van der Waals surface area contributed by atoms with Crippen LogP contribution in [0.4, 0.5) is 0 Å². The lowest BCUT2D eigenvalue weighted by Crippen LogP contribution is -2.41. The van der Waals surface area contributed by atoms with Crippen LogP contribution < -0.4 is 5.32 Å². The summed E-state index contributed by atoms with van der Waals surface area (Å²) in [4.78, 5) is 0. The SMILES string of the molecule is CCCCC(C)(CC)NCC. The van der Waals surface area contributed by atoms with E-state index in [9.17, 15) is 0 Å². The normalized spacial score (nSPS) is 16.4. The van der Waals surface area contributed by atoms with Crippen LogP contribution in [-0.2, 0) is 0 Å². The fourth-order valence-electron chi connectivity index (χ4n) is 1.38. The predicted octanol–water partition coefficient (Wildman–Crippen LogP) is 2.95. The molecule has 0 radical (unpaired) electrons. The molecule has 11 heavy (non-hydrogen) atoms. The van der Waals surface area contributed by atoms with Crippen LogP contribution in [0.1, 0.15) is 53.4 Å². The van der Waals surface area contributed by atoms with Gasteiger partial charge in [-0.05, 0) is 26.3 Å². The third kappa shape index (κ3) is 4.41. The molecular formula is C10H23N. The van der Waals surface area contributed by atoms with Crippen LogP contribution >= 0.6 is 0 Å². The van der Waals surface area contributed by atoms with Crippen molar-refractivity contribution in [3.63, 3.8) is 0 Å². The first-order chi connectivity index (χ1) is 5.18. The third-order valence-corrected chi connectivity index (χ3v) is 2.47. The monoisotopic (exact) mass is 157 g/mol. The smallest absolute Gasteiger partial charge is 0.0150 e. The lowest BCUT2D eigenvalue weighted by molar-refractivity contribution is 0.318. The molecule has 0 aromatic rings. The van der Waals surface area contributed by atoms with Gasteiger partial charge < -0.3 is 5.32 Å². The van der Waals surface area contributed by atoms with Crippen molar-refractivity contribution < 1.29 is 0 Å². The fraction of sp³-hybridized carbons (Fsp3) is 1.00. The van der Waals surface area contributed by atoms with Gasteiger partial charge in [0.25, 0.3) is 0 Å². The molecule has 0 saturated heterocycles. The van der Waals surface area contributed by atoms with E-state index in [2.05, 4.69) is 33.0 Å². The van der Waals surface area contributed by atoms with Crippen LogP contribution in [0.25, 0.3) is 0 Å². The number of nitrogens with one attached hydrogen (secondary N) is 1. The summed E-state index contributed by atoms with van der Waals surface area (Å²) in [5, 5.41) is 3.54. The molecule has 0 aromatic heterocycles. The van der Waals surface area contributed by atoms with Crippen molar-refractivity contribution >= 4 is 0 Å². The van der Waals surface area contributed by atoms with E-state index >= 15 is 0 Å². The molecule has 0 spiro atoms. The third-order valence-electron chi connectivity index (χ3n) is 2.47. The van der Waals surface area contributed by atoms with Gasteiger partial charge in [-0.15, -0.1) is 0 Å². The second kappa shape index (κ2) is 5.59. The van der Waals surface area contributed by atoms with Crippen molar-refractivity contribution in [1.82, 2.24) is 5.32 Å². The van der Waals surface area contributed by atoms with E-state index in [0.29, 0.717) is 5.54 Å². The molecule has 0 bridgehead atoms. The average molecular weight is 157 g/mol. The number of hydrogen-bond donors (Lipinski definition) is 1. The van der Waals surface area contributed by atoms with Crippen molar-refractivity contribution in [3.05, 3.63) is 0 Å². The quantitative estimate of drug-likeness (QED) is 0.625. The summed E-state index contributed by atoms with van der Waals surface area (Å²) in [6.45, 7) is 10.1. The van der Waals surface area contributed by atoms with Crippen LogP contribution in [0, 0.1) is 0 Å². The Kier molecular flexibility index (Phi) is 5.57. The second-order valence-electron chi connectivity index (χ2n) is 3.55. The lowest BCUT2D eigenvalue weighted by Gasteiger charge is -2.29. The minimum Gasteiger partial charge on any atom is -0.312 e. The van der Waals surface area contributed by atoms with E-state index in [4.69, 9.17) is 0 Å². The van der Waals surface area contributed by atoms with Gasteiger partial charge in [-0.1, -0.05) is 33.6 Å². The molecule has 1 atom stereocenters. The van der Waals surface area contributed by atoms with Gasteiger partial charge in [0.05, 0.1) is 0 Å². The Labute approximate surface area is 71.6 Å². The van der Waals surface area contributed by atoms with Gasteiger partial charge in [0, 0.05) is 5.54 Å².